The first-order valence-electron chi connectivity index (χ1n) is 11.1. The molecule has 0 atom stereocenters. The third kappa shape index (κ3) is 5.49. The van der Waals surface area contributed by atoms with Crippen molar-refractivity contribution in [1.29, 1.82) is 0 Å². The van der Waals surface area contributed by atoms with Crippen LogP contribution in [-0.2, 0) is 6.61 Å². The van der Waals surface area contributed by atoms with Crippen LogP contribution in [0.25, 0.3) is 0 Å². The number of aromatic nitrogens is 1. The van der Waals surface area contributed by atoms with Crippen LogP contribution < -0.4 is 15.4 Å². The van der Waals surface area contributed by atoms with E-state index in [-0.39, 0.29) is 11.9 Å². The largest absolute Gasteiger partial charge is 0.488 e. The van der Waals surface area contributed by atoms with Gasteiger partial charge in [0, 0.05) is 36.6 Å². The van der Waals surface area contributed by atoms with E-state index in [1.54, 1.807) is 29.4 Å². The molecule has 1 aliphatic heterocycles. The summed E-state index contributed by atoms with van der Waals surface area (Å²) in [6.07, 6.45) is 5.54. The van der Waals surface area contributed by atoms with Crippen molar-refractivity contribution < 1.29 is 14.3 Å². The third-order valence-corrected chi connectivity index (χ3v) is 5.64. The second kappa shape index (κ2) is 10.2. The predicted octanol–water partition coefficient (Wildman–Crippen LogP) is 5.16. The maximum Gasteiger partial charge on any atom is 0.321 e. The average Bonchev–Trinajstić information content (AvgIpc) is 3.35. The highest BCUT2D eigenvalue weighted by molar-refractivity contribution is 6.07. The number of urea groups is 1. The summed E-state index contributed by atoms with van der Waals surface area (Å²) in [7, 11) is 0. The van der Waals surface area contributed by atoms with Crippen LogP contribution in [0.1, 0.15) is 39.9 Å². The molecule has 2 N–H and O–H groups in total. The summed E-state index contributed by atoms with van der Waals surface area (Å²) >= 11 is 0. The van der Waals surface area contributed by atoms with Crippen molar-refractivity contribution in [3.8, 4) is 5.75 Å². The normalized spacial score (nSPS) is 13.0. The molecule has 1 saturated heterocycles. The first-order chi connectivity index (χ1) is 16.0. The SMILES string of the molecule is Cc1cc(C(=O)Nc2ccccc2NC(=O)N2CCCC2)cc(C)c1OCc1cccnc1. The molecule has 0 aliphatic carbocycles. The highest BCUT2D eigenvalue weighted by Crippen LogP contribution is 2.28. The van der Waals surface area contributed by atoms with E-state index in [0.29, 0.717) is 23.5 Å². The van der Waals surface area contributed by atoms with Crippen molar-refractivity contribution in [2.24, 2.45) is 0 Å². The van der Waals surface area contributed by atoms with Gasteiger partial charge in [0.25, 0.3) is 5.91 Å². The lowest BCUT2D eigenvalue weighted by Crippen LogP contribution is -2.32. The number of para-hydroxylation sites is 2. The van der Waals surface area contributed by atoms with E-state index in [0.717, 1.165) is 48.4 Å². The number of carbonyl (C=O) groups is 2. The van der Waals surface area contributed by atoms with Crippen LogP contribution in [0.5, 0.6) is 5.75 Å². The van der Waals surface area contributed by atoms with E-state index >= 15 is 0 Å². The quantitative estimate of drug-likeness (QED) is 0.550. The molecule has 170 valence electrons. The molecule has 0 bridgehead atoms. The van der Waals surface area contributed by atoms with Crippen molar-refractivity contribution in [1.82, 2.24) is 9.88 Å². The number of hydrogen-bond donors (Lipinski definition) is 2. The molecule has 7 heteroatoms. The molecular weight excluding hydrogens is 416 g/mol. The molecule has 1 aliphatic rings. The van der Waals surface area contributed by atoms with Crippen LogP contribution in [0.2, 0.25) is 0 Å². The number of ether oxygens (including phenoxy) is 1. The molecule has 3 aromatic rings. The Kier molecular flexibility index (Phi) is 6.88. The maximum absolute atomic E-state index is 13.0. The van der Waals surface area contributed by atoms with Crippen molar-refractivity contribution in [2.75, 3.05) is 23.7 Å². The molecule has 33 heavy (non-hydrogen) atoms. The first-order valence-corrected chi connectivity index (χ1v) is 11.1. The molecule has 3 amide bonds. The fraction of sp³-hybridized carbons (Fsp3) is 0.269. The number of nitrogens with zero attached hydrogens (tertiary/aromatic N) is 2. The Hall–Kier alpha value is -3.87. The Morgan fingerprint density at radius 1 is 0.970 bits per heavy atom. The van der Waals surface area contributed by atoms with Crippen molar-refractivity contribution in [2.45, 2.75) is 33.3 Å². The average molecular weight is 445 g/mol. The van der Waals surface area contributed by atoms with Gasteiger partial charge < -0.3 is 20.3 Å². The summed E-state index contributed by atoms with van der Waals surface area (Å²) < 4.78 is 5.99. The zero-order valence-electron chi connectivity index (χ0n) is 18.9. The standard InChI is InChI=1S/C26H28N4O3/c1-18-14-21(15-19(2)24(18)33-17-20-8-7-11-27-16-20)25(31)28-22-9-3-4-10-23(22)29-26(32)30-12-5-6-13-30/h3-4,7-11,14-16H,5-6,12-13,17H2,1-2H3,(H,28,31)(H,29,32). The second-order valence-corrected chi connectivity index (χ2v) is 8.21. The lowest BCUT2D eigenvalue weighted by molar-refractivity contribution is 0.102. The number of rotatable bonds is 6. The number of anilines is 2. The third-order valence-electron chi connectivity index (χ3n) is 5.64. The van der Waals surface area contributed by atoms with E-state index in [2.05, 4.69) is 15.6 Å². The summed E-state index contributed by atoms with van der Waals surface area (Å²) in [6, 6.07) is 14.5. The summed E-state index contributed by atoms with van der Waals surface area (Å²) in [5, 5.41) is 5.85. The predicted molar refractivity (Wildman–Crippen MR) is 129 cm³/mol. The van der Waals surface area contributed by atoms with E-state index in [4.69, 9.17) is 4.74 Å². The molecule has 2 aromatic carbocycles. The number of aryl methyl sites for hydroxylation is 2. The van der Waals surface area contributed by atoms with Crippen LogP contribution in [0.4, 0.5) is 16.2 Å². The van der Waals surface area contributed by atoms with E-state index in [9.17, 15) is 9.59 Å². The minimum absolute atomic E-state index is 0.143. The number of carbonyl (C=O) groups excluding carboxylic acids is 2. The first kappa shape index (κ1) is 22.3. The number of hydrogen-bond acceptors (Lipinski definition) is 4. The minimum Gasteiger partial charge on any atom is -0.488 e. The number of benzene rings is 2. The Morgan fingerprint density at radius 3 is 2.27 bits per heavy atom. The van der Waals surface area contributed by atoms with E-state index < -0.39 is 0 Å². The van der Waals surface area contributed by atoms with Gasteiger partial charge in [-0.05, 0) is 68.1 Å². The monoisotopic (exact) mass is 444 g/mol. The number of amides is 3. The van der Waals surface area contributed by atoms with Gasteiger partial charge in [0.05, 0.1) is 11.4 Å². The highest BCUT2D eigenvalue weighted by Gasteiger charge is 2.19. The van der Waals surface area contributed by atoms with Gasteiger partial charge in [0.1, 0.15) is 12.4 Å². The lowest BCUT2D eigenvalue weighted by Gasteiger charge is -2.18. The Labute approximate surface area is 193 Å². The summed E-state index contributed by atoms with van der Waals surface area (Å²) in [5.74, 6) is 0.511. The molecule has 0 saturated carbocycles. The van der Waals surface area contributed by atoms with Gasteiger partial charge in [-0.25, -0.2) is 4.79 Å². The molecule has 1 fully saturated rings. The molecule has 0 spiro atoms. The molecule has 4 rings (SSSR count). The second-order valence-electron chi connectivity index (χ2n) is 8.21. The number of likely N-dealkylation sites (tertiary alicyclic amines) is 1. The van der Waals surface area contributed by atoms with Crippen molar-refractivity contribution in [3.05, 3.63) is 83.2 Å². The van der Waals surface area contributed by atoms with Crippen molar-refractivity contribution >= 4 is 23.3 Å². The van der Waals surface area contributed by atoms with Gasteiger partial charge in [-0.3, -0.25) is 9.78 Å². The van der Waals surface area contributed by atoms with Crippen LogP contribution in [0, 0.1) is 13.8 Å². The summed E-state index contributed by atoms with van der Waals surface area (Å²) in [6.45, 7) is 5.77. The number of nitrogens with one attached hydrogen (secondary N) is 2. The Balaban J connectivity index is 1.46. The van der Waals surface area contributed by atoms with Gasteiger partial charge in [-0.15, -0.1) is 0 Å². The molecule has 7 nitrogen and oxygen atoms in total. The van der Waals surface area contributed by atoms with Crippen LogP contribution in [0.3, 0.4) is 0 Å². The summed E-state index contributed by atoms with van der Waals surface area (Å²) in [4.78, 5) is 31.4. The van der Waals surface area contributed by atoms with Gasteiger partial charge in [-0.1, -0.05) is 18.2 Å². The van der Waals surface area contributed by atoms with Gasteiger partial charge in [0.2, 0.25) is 0 Å². The van der Waals surface area contributed by atoms with E-state index in [1.807, 2.05) is 50.2 Å². The van der Waals surface area contributed by atoms with Gasteiger partial charge in [0.15, 0.2) is 0 Å². The zero-order chi connectivity index (χ0) is 23.2. The topological polar surface area (TPSA) is 83.6 Å². The molecule has 2 heterocycles. The lowest BCUT2D eigenvalue weighted by atomic mass is 10.0. The maximum atomic E-state index is 13.0. The molecule has 1 aromatic heterocycles. The van der Waals surface area contributed by atoms with Crippen LogP contribution in [0.15, 0.2) is 60.9 Å². The molecule has 0 unspecified atom stereocenters. The Morgan fingerprint density at radius 2 is 1.64 bits per heavy atom. The fourth-order valence-electron chi connectivity index (χ4n) is 3.96. The van der Waals surface area contributed by atoms with E-state index in [1.165, 1.54) is 0 Å². The van der Waals surface area contributed by atoms with Gasteiger partial charge in [-0.2, -0.15) is 0 Å². The zero-order valence-corrected chi connectivity index (χ0v) is 18.9. The fourth-order valence-corrected chi connectivity index (χ4v) is 3.96. The van der Waals surface area contributed by atoms with Gasteiger partial charge >= 0.3 is 6.03 Å². The van der Waals surface area contributed by atoms with Crippen molar-refractivity contribution in [3.63, 3.8) is 0 Å². The highest BCUT2D eigenvalue weighted by atomic mass is 16.5. The van der Waals surface area contributed by atoms with Crippen LogP contribution >= 0.6 is 0 Å². The molecular formula is C26H28N4O3. The minimum atomic E-state index is -0.247. The smallest absolute Gasteiger partial charge is 0.321 e. The van der Waals surface area contributed by atoms with Crippen LogP contribution in [-0.4, -0.2) is 34.9 Å². The molecule has 0 radical (unpaired) electrons. The Bertz CT molecular complexity index is 1120. The summed E-state index contributed by atoms with van der Waals surface area (Å²) in [5.41, 5.74) is 4.39. The number of pyridine rings is 1.